The molecule has 3 heteroatoms. The van der Waals surface area contributed by atoms with Crippen LogP contribution in [-0.4, -0.2) is 9.55 Å². The van der Waals surface area contributed by atoms with E-state index in [1.54, 1.807) is 0 Å². The maximum Gasteiger partial charge on any atom is 0.127 e. The molecule has 0 spiro atoms. The van der Waals surface area contributed by atoms with E-state index in [2.05, 4.69) is 43.5 Å². The van der Waals surface area contributed by atoms with Crippen LogP contribution in [0.1, 0.15) is 64.6 Å². The fraction of sp³-hybridized carbons (Fsp3) is 0.611. The van der Waals surface area contributed by atoms with Gasteiger partial charge in [-0.1, -0.05) is 52.2 Å². The van der Waals surface area contributed by atoms with Crippen molar-refractivity contribution in [3.05, 3.63) is 30.1 Å². The third kappa shape index (κ3) is 4.00. The lowest BCUT2D eigenvalue weighted by Gasteiger charge is -2.27. The highest BCUT2D eigenvalue weighted by Crippen LogP contribution is 2.31. The van der Waals surface area contributed by atoms with Crippen LogP contribution < -0.4 is 0 Å². The second-order valence-corrected chi connectivity index (χ2v) is 7.44. The summed E-state index contributed by atoms with van der Waals surface area (Å²) in [6.07, 6.45) is 5.12. The molecule has 0 N–H and O–H groups in total. The molecule has 0 saturated heterocycles. The Balaban J connectivity index is 2.29. The molecule has 0 aliphatic carbocycles. The van der Waals surface area contributed by atoms with Crippen LogP contribution in [0.2, 0.25) is 0 Å². The van der Waals surface area contributed by atoms with E-state index in [0.717, 1.165) is 17.9 Å². The minimum atomic E-state index is -0.0659. The molecule has 0 fully saturated rings. The standard InChI is InChI=1S/C18H27ClN2/c1-5-6-9-12-18(3,4)13-21-16-11-8-7-10-15(16)20-17(21)14(2)19/h7-8,10-11,14H,5-6,9,12-13H2,1-4H3. The van der Waals surface area contributed by atoms with Crippen molar-refractivity contribution < 1.29 is 0 Å². The first kappa shape index (κ1) is 16.4. The van der Waals surface area contributed by atoms with Crippen molar-refractivity contribution in [2.24, 2.45) is 5.41 Å². The Morgan fingerprint density at radius 3 is 2.62 bits per heavy atom. The monoisotopic (exact) mass is 306 g/mol. The van der Waals surface area contributed by atoms with Crippen molar-refractivity contribution in [2.45, 2.75) is 65.3 Å². The number of hydrogen-bond acceptors (Lipinski definition) is 1. The zero-order valence-corrected chi connectivity index (χ0v) is 14.5. The van der Waals surface area contributed by atoms with Crippen LogP contribution in [-0.2, 0) is 6.54 Å². The van der Waals surface area contributed by atoms with Gasteiger partial charge in [0.15, 0.2) is 0 Å². The SMILES string of the molecule is CCCCCC(C)(C)Cn1c(C(C)Cl)nc2ccccc21. The molecule has 1 atom stereocenters. The quantitative estimate of drug-likeness (QED) is 0.457. The van der Waals surface area contributed by atoms with Gasteiger partial charge >= 0.3 is 0 Å². The molecule has 21 heavy (non-hydrogen) atoms. The first-order chi connectivity index (χ1) is 9.94. The number of para-hydroxylation sites is 2. The molecule has 2 rings (SSSR count). The molecule has 116 valence electrons. The molecule has 1 aromatic carbocycles. The van der Waals surface area contributed by atoms with E-state index in [4.69, 9.17) is 16.6 Å². The number of imidazole rings is 1. The van der Waals surface area contributed by atoms with Crippen molar-refractivity contribution in [3.8, 4) is 0 Å². The summed E-state index contributed by atoms with van der Waals surface area (Å²) in [7, 11) is 0. The van der Waals surface area contributed by atoms with E-state index in [1.807, 2.05) is 13.0 Å². The highest BCUT2D eigenvalue weighted by atomic mass is 35.5. The van der Waals surface area contributed by atoms with Gasteiger partial charge in [0, 0.05) is 6.54 Å². The van der Waals surface area contributed by atoms with Gasteiger partial charge in [-0.25, -0.2) is 4.98 Å². The number of aromatic nitrogens is 2. The van der Waals surface area contributed by atoms with Gasteiger partial charge in [-0.15, -0.1) is 11.6 Å². The van der Waals surface area contributed by atoms with Crippen LogP contribution in [0, 0.1) is 5.41 Å². The number of rotatable bonds is 7. The predicted octanol–water partition coefficient (Wildman–Crippen LogP) is 5.94. The molecule has 0 aliphatic heterocycles. The summed E-state index contributed by atoms with van der Waals surface area (Å²) in [6, 6.07) is 8.33. The van der Waals surface area contributed by atoms with Crippen molar-refractivity contribution >= 4 is 22.6 Å². The Morgan fingerprint density at radius 1 is 1.24 bits per heavy atom. The van der Waals surface area contributed by atoms with Crippen molar-refractivity contribution in [2.75, 3.05) is 0 Å². The minimum absolute atomic E-state index is 0.0659. The summed E-state index contributed by atoms with van der Waals surface area (Å²) >= 11 is 6.35. The first-order valence-corrected chi connectivity index (χ1v) is 8.47. The van der Waals surface area contributed by atoms with Crippen LogP contribution in [0.15, 0.2) is 24.3 Å². The Kier molecular flexibility index (Phi) is 5.32. The highest BCUT2D eigenvalue weighted by molar-refractivity contribution is 6.20. The third-order valence-electron chi connectivity index (χ3n) is 4.08. The molecular formula is C18H27ClN2. The number of hydrogen-bond donors (Lipinski definition) is 0. The van der Waals surface area contributed by atoms with E-state index in [-0.39, 0.29) is 10.8 Å². The van der Waals surface area contributed by atoms with Gasteiger partial charge in [-0.2, -0.15) is 0 Å². The number of fused-ring (bicyclic) bond motifs is 1. The van der Waals surface area contributed by atoms with Crippen LogP contribution in [0.4, 0.5) is 0 Å². The Labute approximate surface area is 133 Å². The molecule has 1 heterocycles. The maximum atomic E-state index is 6.35. The Hall–Kier alpha value is -1.02. The zero-order valence-electron chi connectivity index (χ0n) is 13.7. The molecular weight excluding hydrogens is 280 g/mol. The van der Waals surface area contributed by atoms with Gasteiger partial charge in [-0.3, -0.25) is 0 Å². The van der Waals surface area contributed by atoms with Gasteiger partial charge in [0.2, 0.25) is 0 Å². The van der Waals surface area contributed by atoms with E-state index in [9.17, 15) is 0 Å². The molecule has 2 aromatic rings. The van der Waals surface area contributed by atoms with E-state index < -0.39 is 0 Å². The summed E-state index contributed by atoms with van der Waals surface area (Å²) in [4.78, 5) is 4.72. The Bertz CT molecular complexity index is 584. The molecule has 0 amide bonds. The first-order valence-electron chi connectivity index (χ1n) is 8.04. The van der Waals surface area contributed by atoms with Crippen molar-refractivity contribution in [3.63, 3.8) is 0 Å². The fourth-order valence-corrected chi connectivity index (χ4v) is 3.09. The molecule has 1 unspecified atom stereocenters. The van der Waals surface area contributed by atoms with Gasteiger partial charge in [-0.05, 0) is 30.9 Å². The summed E-state index contributed by atoms with van der Waals surface area (Å²) in [5, 5.41) is -0.0659. The average molecular weight is 307 g/mol. The van der Waals surface area contributed by atoms with Crippen LogP contribution >= 0.6 is 11.6 Å². The topological polar surface area (TPSA) is 17.8 Å². The van der Waals surface area contributed by atoms with E-state index in [1.165, 1.54) is 31.2 Å². The second-order valence-electron chi connectivity index (χ2n) is 6.78. The second kappa shape index (κ2) is 6.83. The van der Waals surface area contributed by atoms with Crippen molar-refractivity contribution in [1.82, 2.24) is 9.55 Å². The van der Waals surface area contributed by atoms with Gasteiger partial charge in [0.05, 0.1) is 16.4 Å². The van der Waals surface area contributed by atoms with Crippen molar-refractivity contribution in [1.29, 1.82) is 0 Å². The van der Waals surface area contributed by atoms with E-state index in [0.29, 0.717) is 0 Å². The minimum Gasteiger partial charge on any atom is -0.326 e. The predicted molar refractivity (Wildman–Crippen MR) is 91.9 cm³/mol. The molecule has 0 bridgehead atoms. The zero-order chi connectivity index (χ0) is 15.5. The number of nitrogens with zero attached hydrogens (tertiary/aromatic N) is 2. The molecule has 2 nitrogen and oxygen atoms in total. The summed E-state index contributed by atoms with van der Waals surface area (Å²) in [5.74, 6) is 0.987. The van der Waals surface area contributed by atoms with Gasteiger partial charge in [0.1, 0.15) is 5.82 Å². The molecule has 0 radical (unpaired) electrons. The number of benzene rings is 1. The summed E-state index contributed by atoms with van der Waals surface area (Å²) < 4.78 is 2.32. The summed E-state index contributed by atoms with van der Waals surface area (Å²) in [5.41, 5.74) is 2.51. The Morgan fingerprint density at radius 2 is 1.95 bits per heavy atom. The normalized spacial score (nSPS) is 13.8. The smallest absolute Gasteiger partial charge is 0.127 e. The lowest BCUT2D eigenvalue weighted by Crippen LogP contribution is -2.21. The molecule has 1 aromatic heterocycles. The molecule has 0 aliphatic rings. The maximum absolute atomic E-state index is 6.35. The van der Waals surface area contributed by atoms with Crippen LogP contribution in [0.5, 0.6) is 0 Å². The average Bonchev–Trinajstić information content (AvgIpc) is 2.78. The lowest BCUT2D eigenvalue weighted by atomic mass is 9.86. The summed E-state index contributed by atoms with van der Waals surface area (Å²) in [6.45, 7) is 9.93. The fourth-order valence-electron chi connectivity index (χ4n) is 2.92. The van der Waals surface area contributed by atoms with Gasteiger partial charge in [0.25, 0.3) is 0 Å². The number of halogens is 1. The van der Waals surface area contributed by atoms with Gasteiger partial charge < -0.3 is 4.57 Å². The highest BCUT2D eigenvalue weighted by Gasteiger charge is 2.23. The largest absolute Gasteiger partial charge is 0.326 e. The number of alkyl halides is 1. The molecule has 0 saturated carbocycles. The van der Waals surface area contributed by atoms with Crippen LogP contribution in [0.25, 0.3) is 11.0 Å². The van der Waals surface area contributed by atoms with E-state index >= 15 is 0 Å². The number of unbranched alkanes of at least 4 members (excludes halogenated alkanes) is 2. The lowest BCUT2D eigenvalue weighted by molar-refractivity contribution is 0.271. The van der Waals surface area contributed by atoms with Crippen LogP contribution in [0.3, 0.4) is 0 Å². The third-order valence-corrected chi connectivity index (χ3v) is 4.28.